The number of rotatable bonds is 3. The second-order valence-corrected chi connectivity index (χ2v) is 5.31. The molecular weight excluding hydrogens is 218 g/mol. The van der Waals surface area contributed by atoms with E-state index in [4.69, 9.17) is 0 Å². The molecule has 1 atom stereocenters. The highest BCUT2D eigenvalue weighted by Crippen LogP contribution is 2.33. The fourth-order valence-corrected chi connectivity index (χ4v) is 2.98. The lowest BCUT2D eigenvalue weighted by atomic mass is 10.2. The Bertz CT molecular complexity index is 342. The number of para-hydroxylation sites is 1. The normalized spacial score (nSPS) is 17.8. The van der Waals surface area contributed by atoms with Crippen LogP contribution in [0.5, 0.6) is 0 Å². The second-order valence-electron chi connectivity index (χ2n) is 4.18. The van der Waals surface area contributed by atoms with Crippen LogP contribution in [0, 0.1) is 0 Å². The number of fused-ring (bicyclic) bond motifs is 1. The molecule has 88 valence electrons. The van der Waals surface area contributed by atoms with Crippen molar-refractivity contribution in [1.82, 2.24) is 0 Å². The van der Waals surface area contributed by atoms with E-state index in [0.717, 1.165) is 19.5 Å². The number of aliphatic hydroxyl groups is 1. The maximum Gasteiger partial charge on any atom is 0.0712 e. The Kier molecular flexibility index (Phi) is 4.13. The number of hydrogen-bond donors (Lipinski definition) is 1. The summed E-state index contributed by atoms with van der Waals surface area (Å²) in [5.74, 6) is 1.18. The number of benzene rings is 1. The van der Waals surface area contributed by atoms with Gasteiger partial charge in [-0.05, 0) is 30.7 Å². The lowest BCUT2D eigenvalue weighted by Crippen LogP contribution is -2.32. The Labute approximate surface area is 102 Å². The summed E-state index contributed by atoms with van der Waals surface area (Å²) in [5.41, 5.74) is 1.29. The highest BCUT2D eigenvalue weighted by molar-refractivity contribution is 7.99. The molecule has 0 fully saturated rings. The summed E-state index contributed by atoms with van der Waals surface area (Å²) in [4.78, 5) is 3.67. The van der Waals surface area contributed by atoms with E-state index < -0.39 is 0 Å². The molecule has 3 heteroatoms. The molecule has 1 aliphatic heterocycles. The molecule has 0 amide bonds. The maximum atomic E-state index is 9.78. The third kappa shape index (κ3) is 2.71. The lowest BCUT2D eigenvalue weighted by Gasteiger charge is -2.26. The molecule has 2 rings (SSSR count). The van der Waals surface area contributed by atoms with Gasteiger partial charge in [0, 0.05) is 18.0 Å². The van der Waals surface area contributed by atoms with Gasteiger partial charge in [0.2, 0.25) is 0 Å². The van der Waals surface area contributed by atoms with E-state index in [-0.39, 0.29) is 6.10 Å². The van der Waals surface area contributed by atoms with Gasteiger partial charge in [-0.3, -0.25) is 0 Å². The third-order valence-corrected chi connectivity index (χ3v) is 4.09. The molecule has 0 saturated heterocycles. The molecular formula is C13H19NOS. The van der Waals surface area contributed by atoms with Gasteiger partial charge in [0.1, 0.15) is 0 Å². The van der Waals surface area contributed by atoms with E-state index in [9.17, 15) is 5.11 Å². The van der Waals surface area contributed by atoms with Crippen LogP contribution in [-0.4, -0.2) is 30.1 Å². The van der Waals surface area contributed by atoms with Crippen LogP contribution in [0.1, 0.15) is 19.8 Å². The van der Waals surface area contributed by atoms with Crippen molar-refractivity contribution in [2.45, 2.75) is 30.8 Å². The van der Waals surface area contributed by atoms with E-state index in [0.29, 0.717) is 0 Å². The molecule has 0 spiro atoms. The number of aliphatic hydroxyl groups excluding tert-OH is 1. The SMILES string of the molecule is CC[C@@H](O)CN1CCCSc2ccccc21. The second kappa shape index (κ2) is 5.60. The van der Waals surface area contributed by atoms with E-state index in [1.807, 2.05) is 18.7 Å². The van der Waals surface area contributed by atoms with E-state index in [1.54, 1.807) is 0 Å². The number of nitrogens with zero attached hydrogens (tertiary/aromatic N) is 1. The molecule has 1 heterocycles. The molecule has 1 aromatic carbocycles. The Balaban J connectivity index is 2.19. The van der Waals surface area contributed by atoms with E-state index in [2.05, 4.69) is 29.2 Å². The topological polar surface area (TPSA) is 23.5 Å². The molecule has 0 aliphatic carbocycles. The van der Waals surface area contributed by atoms with E-state index >= 15 is 0 Å². The number of thioether (sulfide) groups is 1. The van der Waals surface area contributed by atoms with E-state index in [1.165, 1.54) is 22.8 Å². The van der Waals surface area contributed by atoms with Gasteiger partial charge in [-0.1, -0.05) is 19.1 Å². The first-order chi connectivity index (χ1) is 7.81. The van der Waals surface area contributed by atoms with Gasteiger partial charge >= 0.3 is 0 Å². The average molecular weight is 237 g/mol. The van der Waals surface area contributed by atoms with Crippen LogP contribution in [0.15, 0.2) is 29.2 Å². The number of anilines is 1. The minimum absolute atomic E-state index is 0.212. The van der Waals surface area contributed by atoms with Crippen molar-refractivity contribution < 1.29 is 5.11 Å². The first-order valence-corrected chi connectivity index (χ1v) is 6.94. The quantitative estimate of drug-likeness (QED) is 0.874. The van der Waals surface area contributed by atoms with Gasteiger partial charge < -0.3 is 10.0 Å². The summed E-state index contributed by atoms with van der Waals surface area (Å²) >= 11 is 1.92. The van der Waals surface area contributed by atoms with Crippen LogP contribution < -0.4 is 4.90 Å². The fourth-order valence-electron chi connectivity index (χ4n) is 1.97. The smallest absolute Gasteiger partial charge is 0.0712 e. The molecule has 2 nitrogen and oxygen atoms in total. The van der Waals surface area contributed by atoms with Gasteiger partial charge in [-0.2, -0.15) is 0 Å². The van der Waals surface area contributed by atoms with Gasteiger partial charge in [0.15, 0.2) is 0 Å². The summed E-state index contributed by atoms with van der Waals surface area (Å²) in [6.07, 6.45) is 1.80. The van der Waals surface area contributed by atoms with Crippen LogP contribution >= 0.6 is 11.8 Å². The summed E-state index contributed by atoms with van der Waals surface area (Å²) < 4.78 is 0. The van der Waals surface area contributed by atoms with Crippen molar-refractivity contribution in [3.05, 3.63) is 24.3 Å². The fraction of sp³-hybridized carbons (Fsp3) is 0.538. The van der Waals surface area contributed by atoms with Gasteiger partial charge in [0.05, 0.1) is 11.8 Å². The summed E-state index contributed by atoms with van der Waals surface area (Å²) in [7, 11) is 0. The molecule has 0 unspecified atom stereocenters. The van der Waals surface area contributed by atoms with Crippen molar-refractivity contribution in [2.24, 2.45) is 0 Å². The Hall–Kier alpha value is -0.670. The highest BCUT2D eigenvalue weighted by atomic mass is 32.2. The monoisotopic (exact) mass is 237 g/mol. The van der Waals surface area contributed by atoms with Crippen LogP contribution in [0.2, 0.25) is 0 Å². The van der Waals surface area contributed by atoms with Gasteiger partial charge in [0.25, 0.3) is 0 Å². The zero-order valence-corrected chi connectivity index (χ0v) is 10.5. The molecule has 0 radical (unpaired) electrons. The van der Waals surface area contributed by atoms with Crippen molar-refractivity contribution >= 4 is 17.4 Å². The van der Waals surface area contributed by atoms with Crippen molar-refractivity contribution in [3.63, 3.8) is 0 Å². The van der Waals surface area contributed by atoms with Crippen molar-refractivity contribution in [3.8, 4) is 0 Å². The molecule has 1 aromatic rings. The van der Waals surface area contributed by atoms with Gasteiger partial charge in [-0.15, -0.1) is 11.8 Å². The Morgan fingerprint density at radius 3 is 3.06 bits per heavy atom. The van der Waals surface area contributed by atoms with Crippen LogP contribution in [0.4, 0.5) is 5.69 Å². The number of β-amino-alcohol motifs (C(OH)–C–C–N with tert-alkyl or cyclic N) is 1. The molecule has 1 aliphatic rings. The van der Waals surface area contributed by atoms with Crippen molar-refractivity contribution in [2.75, 3.05) is 23.7 Å². The van der Waals surface area contributed by atoms with Crippen LogP contribution in [0.25, 0.3) is 0 Å². The molecule has 0 bridgehead atoms. The average Bonchev–Trinajstić information content (AvgIpc) is 2.52. The standard InChI is InChI=1S/C13H19NOS/c1-2-11(15)10-14-8-5-9-16-13-7-4-3-6-12(13)14/h3-4,6-7,11,15H,2,5,8-10H2,1H3/t11-/m1/s1. The summed E-state index contributed by atoms with van der Waals surface area (Å²) in [6.45, 7) is 3.85. The first-order valence-electron chi connectivity index (χ1n) is 5.96. The first kappa shape index (κ1) is 11.8. The number of hydrogen-bond acceptors (Lipinski definition) is 3. The predicted molar refractivity (Wildman–Crippen MR) is 70.3 cm³/mol. The lowest BCUT2D eigenvalue weighted by molar-refractivity contribution is 0.175. The minimum Gasteiger partial charge on any atom is -0.391 e. The van der Waals surface area contributed by atoms with Crippen molar-refractivity contribution in [1.29, 1.82) is 0 Å². The van der Waals surface area contributed by atoms with Crippen LogP contribution in [0.3, 0.4) is 0 Å². The Morgan fingerprint density at radius 2 is 2.25 bits per heavy atom. The Morgan fingerprint density at radius 1 is 1.44 bits per heavy atom. The largest absolute Gasteiger partial charge is 0.391 e. The van der Waals surface area contributed by atoms with Gasteiger partial charge in [-0.25, -0.2) is 0 Å². The molecule has 0 saturated carbocycles. The highest BCUT2D eigenvalue weighted by Gasteiger charge is 2.17. The maximum absolute atomic E-state index is 9.78. The zero-order chi connectivity index (χ0) is 11.4. The zero-order valence-electron chi connectivity index (χ0n) is 9.72. The molecule has 16 heavy (non-hydrogen) atoms. The molecule has 1 N–H and O–H groups in total. The minimum atomic E-state index is -0.212. The third-order valence-electron chi connectivity index (χ3n) is 2.94. The predicted octanol–water partition coefficient (Wildman–Crippen LogP) is 2.76. The summed E-state index contributed by atoms with van der Waals surface area (Å²) in [6, 6.07) is 8.51. The molecule has 0 aromatic heterocycles. The van der Waals surface area contributed by atoms with Crippen LogP contribution in [-0.2, 0) is 0 Å². The summed E-state index contributed by atoms with van der Waals surface area (Å²) in [5, 5.41) is 9.78.